The SMILES string of the molecule is Cc1cc(-n2c(C)ccc2C)ncc1N1CCN(C(=O)O)[C@](C)(O)C1. The Morgan fingerprint density at radius 1 is 1.20 bits per heavy atom. The van der Waals surface area contributed by atoms with Gasteiger partial charge in [-0.15, -0.1) is 0 Å². The normalized spacial score (nSPS) is 20.8. The molecule has 0 saturated carbocycles. The molecule has 7 nitrogen and oxygen atoms in total. The van der Waals surface area contributed by atoms with Crippen molar-refractivity contribution in [3.05, 3.63) is 41.3 Å². The summed E-state index contributed by atoms with van der Waals surface area (Å²) in [6, 6.07) is 6.14. The van der Waals surface area contributed by atoms with Crippen LogP contribution in [0, 0.1) is 20.8 Å². The molecule has 25 heavy (non-hydrogen) atoms. The highest BCUT2D eigenvalue weighted by Crippen LogP contribution is 2.28. The fourth-order valence-corrected chi connectivity index (χ4v) is 3.51. The van der Waals surface area contributed by atoms with E-state index in [4.69, 9.17) is 0 Å². The molecule has 0 bridgehead atoms. The Morgan fingerprint density at radius 3 is 2.36 bits per heavy atom. The molecule has 1 aliphatic heterocycles. The fourth-order valence-electron chi connectivity index (χ4n) is 3.51. The van der Waals surface area contributed by atoms with Crippen LogP contribution in [0.5, 0.6) is 0 Å². The van der Waals surface area contributed by atoms with Crippen molar-refractivity contribution in [1.29, 1.82) is 0 Å². The number of carbonyl (C=O) groups is 1. The first-order valence-electron chi connectivity index (χ1n) is 8.30. The summed E-state index contributed by atoms with van der Waals surface area (Å²) in [5.74, 6) is 0.859. The molecule has 2 aromatic rings. The van der Waals surface area contributed by atoms with Crippen molar-refractivity contribution in [3.63, 3.8) is 0 Å². The number of hydrogen-bond acceptors (Lipinski definition) is 4. The first kappa shape index (κ1) is 17.3. The van der Waals surface area contributed by atoms with Gasteiger partial charge in [-0.25, -0.2) is 9.78 Å². The van der Waals surface area contributed by atoms with Crippen molar-refractivity contribution >= 4 is 11.8 Å². The average molecular weight is 344 g/mol. The van der Waals surface area contributed by atoms with Crippen LogP contribution in [-0.4, -0.2) is 56.1 Å². The van der Waals surface area contributed by atoms with Gasteiger partial charge >= 0.3 is 6.09 Å². The number of pyridine rings is 1. The topological polar surface area (TPSA) is 81.8 Å². The van der Waals surface area contributed by atoms with Crippen LogP contribution >= 0.6 is 0 Å². The first-order chi connectivity index (χ1) is 11.7. The van der Waals surface area contributed by atoms with E-state index >= 15 is 0 Å². The van der Waals surface area contributed by atoms with Gasteiger partial charge in [0.1, 0.15) is 5.82 Å². The molecule has 0 radical (unpaired) electrons. The Morgan fingerprint density at radius 2 is 1.84 bits per heavy atom. The third-order valence-corrected chi connectivity index (χ3v) is 4.81. The lowest BCUT2D eigenvalue weighted by Gasteiger charge is -2.45. The van der Waals surface area contributed by atoms with Gasteiger partial charge in [-0.2, -0.15) is 0 Å². The number of carboxylic acid groups (broad SMARTS) is 1. The van der Waals surface area contributed by atoms with Crippen molar-refractivity contribution in [3.8, 4) is 5.82 Å². The lowest BCUT2D eigenvalue weighted by atomic mass is 10.1. The summed E-state index contributed by atoms with van der Waals surface area (Å²) in [5.41, 5.74) is 2.77. The van der Waals surface area contributed by atoms with Crippen LogP contribution in [-0.2, 0) is 0 Å². The summed E-state index contributed by atoms with van der Waals surface area (Å²) in [7, 11) is 0. The summed E-state index contributed by atoms with van der Waals surface area (Å²) in [5, 5.41) is 19.7. The molecule has 2 N–H and O–H groups in total. The molecule has 2 aromatic heterocycles. The highest BCUT2D eigenvalue weighted by molar-refractivity contribution is 5.67. The average Bonchev–Trinajstić information content (AvgIpc) is 2.84. The van der Waals surface area contributed by atoms with Crippen LogP contribution in [0.1, 0.15) is 23.9 Å². The van der Waals surface area contributed by atoms with Gasteiger partial charge < -0.3 is 19.7 Å². The molecule has 0 aliphatic carbocycles. The standard InChI is InChI=1S/C18H24N4O3/c1-12-9-16(22-13(2)5-6-14(22)3)19-10-15(12)20-7-8-21(17(23)24)18(4,25)11-20/h5-6,9-10,25H,7-8,11H2,1-4H3,(H,23,24)/t18-/m1/s1. The van der Waals surface area contributed by atoms with E-state index in [0.717, 1.165) is 33.4 Å². The van der Waals surface area contributed by atoms with Crippen LogP contribution in [0.4, 0.5) is 10.5 Å². The van der Waals surface area contributed by atoms with E-state index in [1.54, 1.807) is 6.20 Å². The molecule has 3 heterocycles. The summed E-state index contributed by atoms with van der Waals surface area (Å²) < 4.78 is 2.09. The van der Waals surface area contributed by atoms with Gasteiger partial charge in [0.15, 0.2) is 5.72 Å². The van der Waals surface area contributed by atoms with E-state index in [1.807, 2.05) is 31.7 Å². The summed E-state index contributed by atoms with van der Waals surface area (Å²) in [6.45, 7) is 8.60. The third kappa shape index (κ3) is 3.07. The molecular weight excluding hydrogens is 320 g/mol. The smallest absolute Gasteiger partial charge is 0.409 e. The Balaban J connectivity index is 1.89. The zero-order chi connectivity index (χ0) is 18.4. The number of amides is 1. The summed E-state index contributed by atoms with van der Waals surface area (Å²) in [4.78, 5) is 18.9. The molecule has 0 spiro atoms. The van der Waals surface area contributed by atoms with Crippen molar-refractivity contribution in [2.75, 3.05) is 24.5 Å². The zero-order valence-electron chi connectivity index (χ0n) is 15.0. The van der Waals surface area contributed by atoms with Gasteiger partial charge in [0.25, 0.3) is 0 Å². The lowest BCUT2D eigenvalue weighted by molar-refractivity contribution is -0.0805. The number of β-amino-alcohol motifs (C(OH)–C–C–N with tert-alkyl or cyclic N) is 1. The Bertz CT molecular complexity index is 793. The van der Waals surface area contributed by atoms with Crippen LogP contribution < -0.4 is 4.90 Å². The quantitative estimate of drug-likeness (QED) is 0.874. The Hall–Kier alpha value is -2.54. The number of aliphatic hydroxyl groups is 1. The van der Waals surface area contributed by atoms with Gasteiger partial charge in [0, 0.05) is 24.5 Å². The van der Waals surface area contributed by atoms with Crippen molar-refractivity contribution < 1.29 is 15.0 Å². The number of piperazine rings is 1. The lowest BCUT2D eigenvalue weighted by Crippen LogP contribution is -2.62. The van der Waals surface area contributed by atoms with Gasteiger partial charge in [0.2, 0.25) is 0 Å². The van der Waals surface area contributed by atoms with Crippen molar-refractivity contribution in [2.45, 2.75) is 33.4 Å². The minimum atomic E-state index is -1.43. The number of anilines is 1. The van der Waals surface area contributed by atoms with Crippen molar-refractivity contribution in [1.82, 2.24) is 14.5 Å². The Kier molecular flexibility index (Phi) is 4.20. The van der Waals surface area contributed by atoms with E-state index in [-0.39, 0.29) is 13.1 Å². The predicted octanol–water partition coefficient (Wildman–Crippen LogP) is 2.31. The molecule has 0 aromatic carbocycles. The number of nitrogens with zero attached hydrogens (tertiary/aromatic N) is 4. The minimum Gasteiger partial charge on any atom is -0.465 e. The maximum absolute atomic E-state index is 11.3. The molecule has 1 aliphatic rings. The second-order valence-corrected chi connectivity index (χ2v) is 6.85. The van der Waals surface area contributed by atoms with Gasteiger partial charge in [0.05, 0.1) is 18.4 Å². The molecule has 0 unspecified atom stereocenters. The molecule has 7 heteroatoms. The number of hydrogen-bond donors (Lipinski definition) is 2. The minimum absolute atomic E-state index is 0.211. The summed E-state index contributed by atoms with van der Waals surface area (Å²) in [6.07, 6.45) is 0.698. The molecule has 3 rings (SSSR count). The number of rotatable bonds is 2. The van der Waals surface area contributed by atoms with E-state index in [1.165, 1.54) is 6.92 Å². The monoisotopic (exact) mass is 344 g/mol. The highest BCUT2D eigenvalue weighted by Gasteiger charge is 2.39. The fraction of sp³-hybridized carbons (Fsp3) is 0.444. The van der Waals surface area contributed by atoms with E-state index in [0.29, 0.717) is 6.54 Å². The maximum Gasteiger partial charge on any atom is 0.409 e. The number of aryl methyl sites for hydroxylation is 3. The second-order valence-electron chi connectivity index (χ2n) is 6.85. The Labute approximate surface area is 147 Å². The molecule has 1 amide bonds. The number of aromatic nitrogens is 2. The van der Waals surface area contributed by atoms with Crippen LogP contribution in [0.25, 0.3) is 5.82 Å². The van der Waals surface area contributed by atoms with E-state index < -0.39 is 11.8 Å². The van der Waals surface area contributed by atoms with Gasteiger partial charge in [-0.3, -0.25) is 4.90 Å². The molecule has 1 atom stereocenters. The van der Waals surface area contributed by atoms with Crippen LogP contribution in [0.15, 0.2) is 24.4 Å². The predicted molar refractivity (Wildman–Crippen MR) is 95.3 cm³/mol. The van der Waals surface area contributed by atoms with E-state index in [2.05, 4.69) is 21.7 Å². The largest absolute Gasteiger partial charge is 0.465 e. The van der Waals surface area contributed by atoms with Crippen LogP contribution in [0.3, 0.4) is 0 Å². The molecule has 1 saturated heterocycles. The third-order valence-electron chi connectivity index (χ3n) is 4.81. The molecule has 134 valence electrons. The van der Waals surface area contributed by atoms with Gasteiger partial charge in [-0.1, -0.05) is 0 Å². The summed E-state index contributed by atoms with van der Waals surface area (Å²) >= 11 is 0. The van der Waals surface area contributed by atoms with Crippen LogP contribution in [0.2, 0.25) is 0 Å². The highest BCUT2D eigenvalue weighted by atomic mass is 16.4. The maximum atomic E-state index is 11.3. The first-order valence-corrected chi connectivity index (χ1v) is 8.30. The van der Waals surface area contributed by atoms with Gasteiger partial charge in [-0.05, 0) is 51.5 Å². The van der Waals surface area contributed by atoms with Crippen molar-refractivity contribution in [2.24, 2.45) is 0 Å². The van der Waals surface area contributed by atoms with E-state index in [9.17, 15) is 15.0 Å². The molecule has 1 fully saturated rings. The molecular formula is C18H24N4O3. The zero-order valence-corrected chi connectivity index (χ0v) is 15.0. The second kappa shape index (κ2) is 6.07.